The molecule has 0 saturated heterocycles. The monoisotopic (exact) mass is 312 g/mol. The van der Waals surface area contributed by atoms with Gasteiger partial charge in [0.15, 0.2) is 0 Å². The lowest BCUT2D eigenvalue weighted by atomic mass is 9.79. The Labute approximate surface area is 134 Å². The highest BCUT2D eigenvalue weighted by molar-refractivity contribution is 5.82. The molecule has 0 aromatic carbocycles. The maximum Gasteiger partial charge on any atom is 0.309 e. The maximum absolute atomic E-state index is 12.2. The first kappa shape index (κ1) is 19.0. The molecule has 1 aliphatic carbocycles. The first-order chi connectivity index (χ1) is 10.7. The Morgan fingerprint density at radius 1 is 0.773 bits per heavy atom. The summed E-state index contributed by atoms with van der Waals surface area (Å²) >= 11 is 0. The highest BCUT2D eigenvalue weighted by Crippen LogP contribution is 2.32. The minimum absolute atomic E-state index is 0.200. The van der Waals surface area contributed by atoms with Gasteiger partial charge in [-0.05, 0) is 25.7 Å². The zero-order valence-corrected chi connectivity index (χ0v) is 14.3. The van der Waals surface area contributed by atoms with E-state index >= 15 is 0 Å². The zero-order valence-electron chi connectivity index (χ0n) is 14.3. The molecule has 0 aromatic rings. The quantitative estimate of drug-likeness (QED) is 0.447. The van der Waals surface area contributed by atoms with Crippen molar-refractivity contribution < 1.29 is 19.1 Å². The van der Waals surface area contributed by atoms with Crippen molar-refractivity contribution in [2.45, 2.75) is 78.1 Å². The normalized spacial score (nSPS) is 21.4. The number of ether oxygens (including phenoxy) is 2. The second-order valence-corrected chi connectivity index (χ2v) is 6.25. The molecule has 0 aliphatic heterocycles. The molecule has 4 heteroatoms. The van der Waals surface area contributed by atoms with Crippen LogP contribution in [0.4, 0.5) is 0 Å². The SMILES string of the molecule is CCCCCCOC(=O)C1CCCCC1C(=O)OCCCC. The van der Waals surface area contributed by atoms with Crippen LogP contribution in [0.15, 0.2) is 0 Å². The minimum Gasteiger partial charge on any atom is -0.465 e. The van der Waals surface area contributed by atoms with Crippen LogP contribution in [0.25, 0.3) is 0 Å². The molecule has 1 aliphatic rings. The van der Waals surface area contributed by atoms with Gasteiger partial charge in [0.1, 0.15) is 0 Å². The predicted molar refractivity (Wildman–Crippen MR) is 86.4 cm³/mol. The van der Waals surface area contributed by atoms with Crippen LogP contribution in [-0.4, -0.2) is 25.2 Å². The number of hydrogen-bond acceptors (Lipinski definition) is 4. The Hall–Kier alpha value is -1.06. The van der Waals surface area contributed by atoms with E-state index in [2.05, 4.69) is 13.8 Å². The number of carbonyl (C=O) groups is 2. The number of hydrogen-bond donors (Lipinski definition) is 0. The van der Waals surface area contributed by atoms with E-state index in [9.17, 15) is 9.59 Å². The molecule has 2 unspecified atom stereocenters. The molecule has 1 fully saturated rings. The largest absolute Gasteiger partial charge is 0.465 e. The lowest BCUT2D eigenvalue weighted by Crippen LogP contribution is -2.35. The van der Waals surface area contributed by atoms with Crippen LogP contribution < -0.4 is 0 Å². The average Bonchev–Trinajstić information content (AvgIpc) is 2.54. The smallest absolute Gasteiger partial charge is 0.309 e. The van der Waals surface area contributed by atoms with Crippen LogP contribution >= 0.6 is 0 Å². The fraction of sp³-hybridized carbons (Fsp3) is 0.889. The summed E-state index contributed by atoms with van der Waals surface area (Å²) in [7, 11) is 0. The Balaban J connectivity index is 2.39. The molecule has 0 heterocycles. The molecule has 0 spiro atoms. The van der Waals surface area contributed by atoms with E-state index in [1.54, 1.807) is 0 Å². The number of esters is 2. The average molecular weight is 312 g/mol. The standard InChI is InChI=1S/C18H32O4/c1-3-5-7-10-14-22-18(20)16-12-9-8-11-15(16)17(19)21-13-6-4-2/h15-16H,3-14H2,1-2H3. The summed E-state index contributed by atoms with van der Waals surface area (Å²) in [4.78, 5) is 24.4. The Kier molecular flexibility index (Phi) is 9.93. The van der Waals surface area contributed by atoms with Crippen molar-refractivity contribution in [2.24, 2.45) is 11.8 Å². The Bertz CT molecular complexity index is 327. The van der Waals surface area contributed by atoms with Gasteiger partial charge in [-0.15, -0.1) is 0 Å². The Morgan fingerprint density at radius 3 is 1.77 bits per heavy atom. The van der Waals surface area contributed by atoms with E-state index in [4.69, 9.17) is 9.47 Å². The van der Waals surface area contributed by atoms with Crippen molar-refractivity contribution in [3.63, 3.8) is 0 Å². The van der Waals surface area contributed by atoms with E-state index in [1.807, 2.05) is 0 Å². The van der Waals surface area contributed by atoms with Crippen LogP contribution in [0.2, 0.25) is 0 Å². The lowest BCUT2D eigenvalue weighted by Gasteiger charge is -2.28. The van der Waals surface area contributed by atoms with Gasteiger partial charge in [0.25, 0.3) is 0 Å². The van der Waals surface area contributed by atoms with E-state index in [1.165, 1.54) is 12.8 Å². The van der Waals surface area contributed by atoms with E-state index in [0.29, 0.717) is 13.2 Å². The lowest BCUT2D eigenvalue weighted by molar-refractivity contribution is -0.163. The molecule has 2 atom stereocenters. The minimum atomic E-state index is -0.297. The molecule has 1 rings (SSSR count). The molecule has 4 nitrogen and oxygen atoms in total. The predicted octanol–water partition coefficient (Wildman–Crippen LogP) is 4.26. The van der Waals surface area contributed by atoms with Gasteiger partial charge >= 0.3 is 11.9 Å². The van der Waals surface area contributed by atoms with Gasteiger partial charge < -0.3 is 9.47 Å². The topological polar surface area (TPSA) is 52.6 Å². The molecule has 0 bridgehead atoms. The van der Waals surface area contributed by atoms with Crippen molar-refractivity contribution in [3.05, 3.63) is 0 Å². The van der Waals surface area contributed by atoms with Crippen molar-refractivity contribution in [2.75, 3.05) is 13.2 Å². The summed E-state index contributed by atoms with van der Waals surface area (Å²) in [5.74, 6) is -1.00. The highest BCUT2D eigenvalue weighted by Gasteiger charge is 2.37. The molecule has 1 saturated carbocycles. The fourth-order valence-corrected chi connectivity index (χ4v) is 2.93. The van der Waals surface area contributed by atoms with Crippen LogP contribution in [0, 0.1) is 11.8 Å². The van der Waals surface area contributed by atoms with E-state index in [0.717, 1.165) is 51.4 Å². The van der Waals surface area contributed by atoms with Crippen molar-refractivity contribution in [1.29, 1.82) is 0 Å². The molecule has 0 radical (unpaired) electrons. The van der Waals surface area contributed by atoms with Gasteiger partial charge in [0.05, 0.1) is 25.0 Å². The molecular weight excluding hydrogens is 280 g/mol. The van der Waals surface area contributed by atoms with Gasteiger partial charge in [-0.1, -0.05) is 52.4 Å². The van der Waals surface area contributed by atoms with Crippen molar-refractivity contribution >= 4 is 11.9 Å². The number of rotatable bonds is 10. The van der Waals surface area contributed by atoms with Gasteiger partial charge in [-0.25, -0.2) is 0 Å². The summed E-state index contributed by atoms with van der Waals surface area (Å²) in [5.41, 5.74) is 0. The molecule has 22 heavy (non-hydrogen) atoms. The molecule has 128 valence electrons. The van der Waals surface area contributed by atoms with Crippen LogP contribution in [0.5, 0.6) is 0 Å². The van der Waals surface area contributed by atoms with Crippen LogP contribution in [0.3, 0.4) is 0 Å². The van der Waals surface area contributed by atoms with Gasteiger partial charge in [0.2, 0.25) is 0 Å². The number of carbonyl (C=O) groups excluding carboxylic acids is 2. The first-order valence-electron chi connectivity index (χ1n) is 9.04. The summed E-state index contributed by atoms with van der Waals surface area (Å²) < 4.78 is 10.7. The zero-order chi connectivity index (χ0) is 16.2. The Morgan fingerprint density at radius 2 is 1.27 bits per heavy atom. The molecule has 0 amide bonds. The third-order valence-corrected chi connectivity index (χ3v) is 4.36. The molecular formula is C18H32O4. The maximum atomic E-state index is 12.2. The van der Waals surface area contributed by atoms with Gasteiger partial charge in [0, 0.05) is 0 Å². The first-order valence-corrected chi connectivity index (χ1v) is 9.04. The highest BCUT2D eigenvalue weighted by atomic mass is 16.5. The van der Waals surface area contributed by atoms with Crippen molar-refractivity contribution in [3.8, 4) is 0 Å². The molecule has 0 N–H and O–H groups in total. The van der Waals surface area contributed by atoms with E-state index < -0.39 is 0 Å². The van der Waals surface area contributed by atoms with Crippen LogP contribution in [0.1, 0.15) is 78.1 Å². The third kappa shape index (κ3) is 6.80. The summed E-state index contributed by atoms with van der Waals surface area (Å²) in [6.07, 6.45) is 9.72. The van der Waals surface area contributed by atoms with Gasteiger partial charge in [-0.2, -0.15) is 0 Å². The van der Waals surface area contributed by atoms with E-state index in [-0.39, 0.29) is 23.8 Å². The second kappa shape index (κ2) is 11.5. The third-order valence-electron chi connectivity index (χ3n) is 4.36. The molecule has 0 aromatic heterocycles. The van der Waals surface area contributed by atoms with Crippen molar-refractivity contribution in [1.82, 2.24) is 0 Å². The van der Waals surface area contributed by atoms with Crippen LogP contribution in [-0.2, 0) is 19.1 Å². The summed E-state index contributed by atoms with van der Waals surface area (Å²) in [6.45, 7) is 5.16. The summed E-state index contributed by atoms with van der Waals surface area (Å²) in [6, 6.07) is 0. The fourth-order valence-electron chi connectivity index (χ4n) is 2.93. The summed E-state index contributed by atoms with van der Waals surface area (Å²) in [5, 5.41) is 0. The van der Waals surface area contributed by atoms with Gasteiger partial charge in [-0.3, -0.25) is 9.59 Å². The second-order valence-electron chi connectivity index (χ2n) is 6.25. The number of unbranched alkanes of at least 4 members (excludes halogenated alkanes) is 4.